The largest absolute Gasteiger partial charge is 0.495 e. The number of nitrogens with two attached hydrogens (primary N) is 1. The number of guanidine groups is 1. The zero-order valence-electron chi connectivity index (χ0n) is 16.4. The third-order valence-corrected chi connectivity index (χ3v) is 4.32. The van der Waals surface area contributed by atoms with Gasteiger partial charge in [-0.1, -0.05) is 44.2 Å². The van der Waals surface area contributed by atoms with Crippen LogP contribution in [0.2, 0.25) is 0 Å². The molecule has 27 heavy (non-hydrogen) atoms. The van der Waals surface area contributed by atoms with E-state index in [0.717, 1.165) is 42.4 Å². The standard InChI is InChI=1S/C21H30N4O2/c1-4-25(5-2)14-15-27-19-12-8-6-10-17(19)16-23-21(22)24-18-11-7-9-13-20(18)26-3/h6-13H,4-5,14-16H2,1-3H3,(H3,22,23,24). The summed E-state index contributed by atoms with van der Waals surface area (Å²) in [6.07, 6.45) is 0. The van der Waals surface area contributed by atoms with Gasteiger partial charge in [0.05, 0.1) is 19.3 Å². The van der Waals surface area contributed by atoms with Crippen molar-refractivity contribution in [3.8, 4) is 11.5 Å². The lowest BCUT2D eigenvalue weighted by atomic mass is 10.2. The van der Waals surface area contributed by atoms with E-state index in [1.165, 1.54) is 0 Å². The summed E-state index contributed by atoms with van der Waals surface area (Å²) < 4.78 is 11.3. The maximum atomic E-state index is 6.04. The van der Waals surface area contributed by atoms with E-state index in [9.17, 15) is 0 Å². The van der Waals surface area contributed by atoms with Crippen LogP contribution in [-0.2, 0) is 6.54 Å². The van der Waals surface area contributed by atoms with Crippen molar-refractivity contribution in [2.75, 3.05) is 38.7 Å². The lowest BCUT2D eigenvalue weighted by molar-refractivity contribution is 0.221. The van der Waals surface area contributed by atoms with Crippen LogP contribution >= 0.6 is 0 Å². The minimum Gasteiger partial charge on any atom is -0.495 e. The highest BCUT2D eigenvalue weighted by Crippen LogP contribution is 2.23. The molecule has 0 unspecified atom stereocenters. The van der Waals surface area contributed by atoms with Gasteiger partial charge in [0.2, 0.25) is 0 Å². The fourth-order valence-electron chi connectivity index (χ4n) is 2.70. The zero-order chi connectivity index (χ0) is 19.5. The van der Waals surface area contributed by atoms with Gasteiger partial charge in [0.25, 0.3) is 0 Å². The number of rotatable bonds is 10. The van der Waals surface area contributed by atoms with Gasteiger partial charge >= 0.3 is 0 Å². The van der Waals surface area contributed by atoms with Gasteiger partial charge in [0, 0.05) is 12.1 Å². The normalized spacial score (nSPS) is 11.5. The van der Waals surface area contributed by atoms with E-state index in [1.807, 2.05) is 48.5 Å². The molecule has 0 radical (unpaired) electrons. The van der Waals surface area contributed by atoms with Crippen LogP contribution < -0.4 is 20.5 Å². The van der Waals surface area contributed by atoms with E-state index in [-0.39, 0.29) is 0 Å². The minimum atomic E-state index is 0.331. The van der Waals surface area contributed by atoms with Crippen LogP contribution in [0.1, 0.15) is 19.4 Å². The Bertz CT molecular complexity index is 730. The van der Waals surface area contributed by atoms with E-state index in [2.05, 4.69) is 29.1 Å². The Morgan fingerprint density at radius 2 is 1.70 bits per heavy atom. The van der Waals surface area contributed by atoms with Gasteiger partial charge in [-0.15, -0.1) is 0 Å². The highest BCUT2D eigenvalue weighted by Gasteiger charge is 2.06. The van der Waals surface area contributed by atoms with Crippen molar-refractivity contribution in [1.29, 1.82) is 0 Å². The summed E-state index contributed by atoms with van der Waals surface area (Å²) in [7, 11) is 1.62. The molecule has 146 valence electrons. The quantitative estimate of drug-likeness (QED) is 0.496. The zero-order valence-corrected chi connectivity index (χ0v) is 16.4. The third-order valence-electron chi connectivity index (χ3n) is 4.32. The van der Waals surface area contributed by atoms with Crippen molar-refractivity contribution in [3.05, 3.63) is 54.1 Å². The number of nitrogens with zero attached hydrogens (tertiary/aromatic N) is 2. The molecule has 0 amide bonds. The number of nitrogens with one attached hydrogen (secondary N) is 1. The molecule has 0 atom stereocenters. The summed E-state index contributed by atoms with van der Waals surface area (Å²) in [4.78, 5) is 6.77. The molecule has 0 aromatic heterocycles. The predicted octanol–water partition coefficient (Wildman–Crippen LogP) is 3.34. The molecule has 2 aromatic rings. The summed E-state index contributed by atoms with van der Waals surface area (Å²) in [5.74, 6) is 1.90. The molecule has 6 nitrogen and oxygen atoms in total. The Morgan fingerprint density at radius 3 is 2.41 bits per heavy atom. The molecule has 0 heterocycles. The van der Waals surface area contributed by atoms with Gasteiger partial charge in [0.1, 0.15) is 18.1 Å². The first-order valence-electron chi connectivity index (χ1n) is 9.30. The molecule has 0 bridgehead atoms. The van der Waals surface area contributed by atoms with E-state index in [4.69, 9.17) is 15.2 Å². The van der Waals surface area contributed by atoms with Crippen molar-refractivity contribution in [2.24, 2.45) is 10.7 Å². The topological polar surface area (TPSA) is 72.1 Å². The first-order chi connectivity index (χ1) is 13.2. The maximum Gasteiger partial charge on any atom is 0.193 e. The summed E-state index contributed by atoms with van der Waals surface area (Å²) in [6, 6.07) is 15.5. The molecule has 0 saturated carbocycles. The summed E-state index contributed by atoms with van der Waals surface area (Å²) in [5.41, 5.74) is 7.82. The predicted molar refractivity (Wildman–Crippen MR) is 112 cm³/mol. The van der Waals surface area contributed by atoms with Crippen LogP contribution in [0.15, 0.2) is 53.5 Å². The van der Waals surface area contributed by atoms with Gasteiger partial charge in [-0.3, -0.25) is 0 Å². The molecule has 3 N–H and O–H groups in total. The number of ether oxygens (including phenoxy) is 2. The van der Waals surface area contributed by atoms with Crippen LogP contribution in [0, 0.1) is 0 Å². The monoisotopic (exact) mass is 370 g/mol. The Hall–Kier alpha value is -2.73. The molecule has 0 spiro atoms. The number of hydrogen-bond acceptors (Lipinski definition) is 4. The fourth-order valence-corrected chi connectivity index (χ4v) is 2.70. The van der Waals surface area contributed by atoms with Gasteiger partial charge in [-0.25, -0.2) is 4.99 Å². The maximum absolute atomic E-state index is 6.04. The second kappa shape index (κ2) is 11.1. The highest BCUT2D eigenvalue weighted by atomic mass is 16.5. The Kier molecular flexibility index (Phi) is 8.45. The number of anilines is 1. The van der Waals surface area contributed by atoms with Crippen LogP contribution in [-0.4, -0.2) is 44.2 Å². The number of aliphatic imine (C=N–C) groups is 1. The summed E-state index contributed by atoms with van der Waals surface area (Å²) >= 11 is 0. The van der Waals surface area contributed by atoms with Crippen LogP contribution in [0.25, 0.3) is 0 Å². The molecular weight excluding hydrogens is 340 g/mol. The smallest absolute Gasteiger partial charge is 0.193 e. The van der Waals surface area contributed by atoms with Crippen LogP contribution in [0.3, 0.4) is 0 Å². The van der Waals surface area contributed by atoms with E-state index >= 15 is 0 Å². The molecule has 2 aromatic carbocycles. The summed E-state index contributed by atoms with van der Waals surface area (Å²) in [6.45, 7) is 8.36. The fraction of sp³-hybridized carbons (Fsp3) is 0.381. The SMILES string of the molecule is CCN(CC)CCOc1ccccc1CN=C(N)Nc1ccccc1OC. The molecule has 2 rings (SSSR count). The second-order valence-corrected chi connectivity index (χ2v) is 6.01. The molecule has 0 aliphatic heterocycles. The van der Waals surface area contributed by atoms with Crippen molar-refractivity contribution in [2.45, 2.75) is 20.4 Å². The molecule has 0 fully saturated rings. The lowest BCUT2D eigenvalue weighted by Gasteiger charge is -2.18. The molecule has 0 aliphatic carbocycles. The minimum absolute atomic E-state index is 0.331. The highest BCUT2D eigenvalue weighted by molar-refractivity contribution is 5.93. The number of methoxy groups -OCH3 is 1. The lowest BCUT2D eigenvalue weighted by Crippen LogP contribution is -2.28. The average Bonchev–Trinajstić information content (AvgIpc) is 2.71. The van der Waals surface area contributed by atoms with Crippen molar-refractivity contribution >= 4 is 11.6 Å². The van der Waals surface area contributed by atoms with E-state index in [0.29, 0.717) is 19.1 Å². The van der Waals surface area contributed by atoms with Crippen LogP contribution in [0.4, 0.5) is 5.69 Å². The van der Waals surface area contributed by atoms with Crippen molar-refractivity contribution in [3.63, 3.8) is 0 Å². The summed E-state index contributed by atoms with van der Waals surface area (Å²) in [5, 5.41) is 3.08. The molecule has 0 aliphatic rings. The number of hydrogen-bond donors (Lipinski definition) is 2. The van der Waals surface area contributed by atoms with Gasteiger partial charge in [-0.05, 0) is 31.3 Å². The van der Waals surface area contributed by atoms with E-state index in [1.54, 1.807) is 7.11 Å². The van der Waals surface area contributed by atoms with Crippen molar-refractivity contribution in [1.82, 2.24) is 4.90 Å². The first-order valence-corrected chi connectivity index (χ1v) is 9.30. The van der Waals surface area contributed by atoms with Crippen molar-refractivity contribution < 1.29 is 9.47 Å². The van der Waals surface area contributed by atoms with Gasteiger partial charge in [-0.2, -0.15) is 0 Å². The molecule has 0 saturated heterocycles. The Morgan fingerprint density at radius 1 is 1.04 bits per heavy atom. The Labute approximate surface area is 162 Å². The van der Waals surface area contributed by atoms with Crippen LogP contribution in [0.5, 0.6) is 11.5 Å². The molecule has 6 heteroatoms. The van der Waals surface area contributed by atoms with E-state index < -0.39 is 0 Å². The first kappa shape index (κ1) is 20.6. The van der Waals surface area contributed by atoms with Gasteiger partial charge < -0.3 is 25.4 Å². The number of benzene rings is 2. The number of likely N-dealkylation sites (N-methyl/N-ethyl adjacent to an activating group) is 1. The number of para-hydroxylation sites is 3. The Balaban J connectivity index is 1.97. The molecular formula is C21H30N4O2. The van der Waals surface area contributed by atoms with Gasteiger partial charge in [0.15, 0.2) is 5.96 Å². The third kappa shape index (κ3) is 6.49. The average molecular weight is 370 g/mol. The second-order valence-electron chi connectivity index (χ2n) is 6.01.